The number of ether oxygens (including phenoxy) is 1. The minimum atomic E-state index is -5.08. The van der Waals surface area contributed by atoms with E-state index < -0.39 is 23.4 Å². The first-order chi connectivity index (χ1) is 16.5. The highest BCUT2D eigenvalue weighted by molar-refractivity contribution is 7.99. The first-order valence-electron chi connectivity index (χ1n) is 9.91. The Morgan fingerprint density at radius 1 is 1.06 bits per heavy atom. The predicted molar refractivity (Wildman–Crippen MR) is 123 cm³/mol. The SMILES string of the molecule is Cc1cc(COc2ccc(Sc3cc(=O)[nH]c(=O)[nH]3)cc2)c2ccccc2n1.O=C(O)C(F)(F)F. The van der Waals surface area contributed by atoms with Gasteiger partial charge in [0.2, 0.25) is 0 Å². The molecule has 12 heteroatoms. The third kappa shape index (κ3) is 7.47. The molecule has 0 unspecified atom stereocenters. The lowest BCUT2D eigenvalue weighted by Crippen LogP contribution is -2.21. The molecule has 0 amide bonds. The average molecular weight is 505 g/mol. The number of nitrogens with one attached hydrogen (secondary N) is 2. The monoisotopic (exact) mass is 505 g/mol. The lowest BCUT2D eigenvalue weighted by molar-refractivity contribution is -0.192. The number of rotatable bonds is 5. The molecule has 2 aromatic heterocycles. The van der Waals surface area contributed by atoms with Gasteiger partial charge in [0, 0.05) is 27.6 Å². The number of alkyl halides is 3. The van der Waals surface area contributed by atoms with E-state index in [4.69, 9.17) is 14.6 Å². The summed E-state index contributed by atoms with van der Waals surface area (Å²) in [6.07, 6.45) is -5.08. The summed E-state index contributed by atoms with van der Waals surface area (Å²) in [5, 5.41) is 8.69. The number of benzene rings is 2. The summed E-state index contributed by atoms with van der Waals surface area (Å²) in [4.78, 5) is 41.8. The lowest BCUT2D eigenvalue weighted by atomic mass is 10.1. The smallest absolute Gasteiger partial charge is 0.489 e. The second kappa shape index (κ2) is 10.9. The molecule has 0 saturated heterocycles. The van der Waals surface area contributed by atoms with E-state index in [9.17, 15) is 22.8 Å². The van der Waals surface area contributed by atoms with Crippen LogP contribution in [0.1, 0.15) is 11.3 Å². The van der Waals surface area contributed by atoms with E-state index in [1.807, 2.05) is 61.5 Å². The van der Waals surface area contributed by atoms with Gasteiger partial charge in [-0.15, -0.1) is 0 Å². The number of para-hydroxylation sites is 1. The van der Waals surface area contributed by atoms with E-state index in [1.54, 1.807) is 0 Å². The van der Waals surface area contributed by atoms with Crippen LogP contribution in [-0.4, -0.2) is 32.2 Å². The highest BCUT2D eigenvalue weighted by Crippen LogP contribution is 2.27. The van der Waals surface area contributed by atoms with Crippen molar-refractivity contribution in [1.29, 1.82) is 0 Å². The van der Waals surface area contributed by atoms with Crippen LogP contribution in [0.3, 0.4) is 0 Å². The highest BCUT2D eigenvalue weighted by atomic mass is 32.2. The number of nitrogens with zero attached hydrogens (tertiary/aromatic N) is 1. The van der Waals surface area contributed by atoms with Gasteiger partial charge in [0.05, 0.1) is 10.5 Å². The normalized spacial score (nSPS) is 11.0. The molecular weight excluding hydrogens is 487 g/mol. The highest BCUT2D eigenvalue weighted by Gasteiger charge is 2.38. The van der Waals surface area contributed by atoms with E-state index in [0.717, 1.165) is 32.8 Å². The number of carbonyl (C=O) groups is 1. The molecule has 2 aromatic carbocycles. The Morgan fingerprint density at radius 2 is 1.71 bits per heavy atom. The molecule has 0 aliphatic rings. The number of hydrogen-bond donors (Lipinski definition) is 3. The van der Waals surface area contributed by atoms with Gasteiger partial charge in [-0.2, -0.15) is 13.2 Å². The fourth-order valence-electron chi connectivity index (χ4n) is 2.91. The van der Waals surface area contributed by atoms with E-state index in [1.165, 1.54) is 17.8 Å². The van der Waals surface area contributed by atoms with Gasteiger partial charge in [-0.25, -0.2) is 9.59 Å². The third-order valence-electron chi connectivity index (χ3n) is 4.35. The molecule has 0 spiro atoms. The zero-order valence-corrected chi connectivity index (χ0v) is 18.9. The average Bonchev–Trinajstić information content (AvgIpc) is 2.77. The first kappa shape index (κ1) is 25.6. The maximum Gasteiger partial charge on any atom is 0.490 e. The van der Waals surface area contributed by atoms with Crippen molar-refractivity contribution in [3.63, 3.8) is 0 Å². The molecule has 0 aliphatic carbocycles. The molecule has 0 atom stereocenters. The molecule has 4 rings (SSSR count). The Kier molecular flexibility index (Phi) is 7.97. The van der Waals surface area contributed by atoms with Crippen LogP contribution in [-0.2, 0) is 11.4 Å². The molecule has 8 nitrogen and oxygen atoms in total. The quantitative estimate of drug-likeness (QED) is 0.346. The fraction of sp³-hybridized carbons (Fsp3) is 0.130. The molecule has 35 heavy (non-hydrogen) atoms. The fourth-order valence-corrected chi connectivity index (χ4v) is 3.74. The number of halogens is 3. The summed E-state index contributed by atoms with van der Waals surface area (Å²) in [5.41, 5.74) is 2.05. The Morgan fingerprint density at radius 3 is 2.34 bits per heavy atom. The number of aliphatic carboxylic acids is 1. The summed E-state index contributed by atoms with van der Waals surface area (Å²) >= 11 is 1.30. The topological polar surface area (TPSA) is 125 Å². The maximum absolute atomic E-state index is 11.4. The Labute approximate surface area is 199 Å². The van der Waals surface area contributed by atoms with Crippen molar-refractivity contribution < 1.29 is 27.8 Å². The second-order valence-corrected chi connectivity index (χ2v) is 8.17. The number of aromatic amines is 2. The number of pyridine rings is 1. The van der Waals surface area contributed by atoms with Crippen LogP contribution in [0.4, 0.5) is 13.2 Å². The van der Waals surface area contributed by atoms with Crippen LogP contribution in [0.15, 0.2) is 80.2 Å². The number of aryl methyl sites for hydroxylation is 1. The van der Waals surface area contributed by atoms with Gasteiger partial charge in [0.1, 0.15) is 12.4 Å². The lowest BCUT2D eigenvalue weighted by Gasteiger charge is -2.10. The van der Waals surface area contributed by atoms with Crippen LogP contribution in [0.25, 0.3) is 10.9 Å². The maximum atomic E-state index is 11.4. The van der Waals surface area contributed by atoms with Crippen molar-refractivity contribution in [2.45, 2.75) is 29.6 Å². The number of carboxylic acid groups (broad SMARTS) is 1. The van der Waals surface area contributed by atoms with Crippen molar-refractivity contribution in [3.8, 4) is 5.75 Å². The molecule has 0 fully saturated rings. The van der Waals surface area contributed by atoms with E-state index >= 15 is 0 Å². The molecule has 0 saturated carbocycles. The standard InChI is InChI=1S/C21H17N3O3S.C2HF3O2/c1-13-10-14(17-4-2-3-5-18(17)22-13)12-27-15-6-8-16(9-7-15)28-20-11-19(25)23-21(26)24-20;3-2(4,5)1(6)7/h2-11H,12H2,1H3,(H2,23,24,25,26);(H,6,7). The molecule has 0 aliphatic heterocycles. The van der Waals surface area contributed by atoms with Crippen LogP contribution in [0.2, 0.25) is 0 Å². The van der Waals surface area contributed by atoms with E-state index in [0.29, 0.717) is 11.6 Å². The number of aromatic nitrogens is 3. The Bertz CT molecular complexity index is 1420. The molecule has 2 heterocycles. The summed E-state index contributed by atoms with van der Waals surface area (Å²) in [7, 11) is 0. The number of H-pyrrole nitrogens is 2. The van der Waals surface area contributed by atoms with Gasteiger partial charge >= 0.3 is 17.8 Å². The minimum absolute atomic E-state index is 0.425. The van der Waals surface area contributed by atoms with Gasteiger partial charge in [0.15, 0.2) is 0 Å². The molecular formula is C23H18F3N3O5S. The van der Waals surface area contributed by atoms with Gasteiger partial charge in [-0.1, -0.05) is 30.0 Å². The number of fused-ring (bicyclic) bond motifs is 1. The number of carboxylic acids is 1. The van der Waals surface area contributed by atoms with Crippen LogP contribution >= 0.6 is 11.8 Å². The van der Waals surface area contributed by atoms with Crippen molar-refractivity contribution in [2.75, 3.05) is 0 Å². The van der Waals surface area contributed by atoms with Crippen molar-refractivity contribution in [2.24, 2.45) is 0 Å². The Balaban J connectivity index is 0.000000429. The Hall–Kier alpha value is -4.06. The molecule has 182 valence electrons. The summed E-state index contributed by atoms with van der Waals surface area (Å²) in [6.45, 7) is 2.42. The molecule has 3 N–H and O–H groups in total. The van der Waals surface area contributed by atoms with Crippen LogP contribution in [0, 0.1) is 6.92 Å². The zero-order valence-electron chi connectivity index (χ0n) is 18.1. The molecule has 4 aromatic rings. The first-order valence-corrected chi connectivity index (χ1v) is 10.7. The van der Waals surface area contributed by atoms with Crippen molar-refractivity contribution in [1.82, 2.24) is 15.0 Å². The largest absolute Gasteiger partial charge is 0.490 e. The summed E-state index contributed by atoms with van der Waals surface area (Å²) in [6, 6.07) is 18.9. The summed E-state index contributed by atoms with van der Waals surface area (Å²) in [5.74, 6) is -2.02. The predicted octanol–water partition coefficient (Wildman–Crippen LogP) is 4.28. The van der Waals surface area contributed by atoms with Gasteiger partial charge < -0.3 is 14.8 Å². The van der Waals surface area contributed by atoms with Crippen LogP contribution in [0.5, 0.6) is 5.75 Å². The number of hydrogen-bond acceptors (Lipinski definition) is 6. The van der Waals surface area contributed by atoms with Gasteiger partial charge in [-0.05, 0) is 43.3 Å². The van der Waals surface area contributed by atoms with Crippen molar-refractivity contribution in [3.05, 3.63) is 92.8 Å². The van der Waals surface area contributed by atoms with Gasteiger partial charge in [0.25, 0.3) is 5.56 Å². The van der Waals surface area contributed by atoms with E-state index in [-0.39, 0.29) is 0 Å². The zero-order chi connectivity index (χ0) is 25.6. The minimum Gasteiger partial charge on any atom is -0.489 e. The van der Waals surface area contributed by atoms with Crippen LogP contribution < -0.4 is 16.0 Å². The van der Waals surface area contributed by atoms with E-state index in [2.05, 4.69) is 15.0 Å². The summed E-state index contributed by atoms with van der Waals surface area (Å²) < 4.78 is 37.7. The molecule has 0 bridgehead atoms. The second-order valence-electron chi connectivity index (χ2n) is 7.06. The third-order valence-corrected chi connectivity index (χ3v) is 5.30. The van der Waals surface area contributed by atoms with Gasteiger partial charge in [-0.3, -0.25) is 14.8 Å². The molecule has 0 radical (unpaired) electrons. The van der Waals surface area contributed by atoms with Crippen molar-refractivity contribution >= 4 is 28.6 Å².